The van der Waals surface area contributed by atoms with E-state index in [4.69, 9.17) is 0 Å². The van der Waals surface area contributed by atoms with Crippen LogP contribution in [0.3, 0.4) is 0 Å². The van der Waals surface area contributed by atoms with E-state index in [-0.39, 0.29) is 11.8 Å². The Balaban J connectivity index is 1.65. The number of para-hydroxylation sites is 1. The van der Waals surface area contributed by atoms with E-state index in [1.54, 1.807) is 6.92 Å². The van der Waals surface area contributed by atoms with Gasteiger partial charge in [-0.2, -0.15) is 0 Å². The van der Waals surface area contributed by atoms with E-state index in [1.807, 2.05) is 18.2 Å². The third-order valence-electron chi connectivity index (χ3n) is 4.64. The first-order valence-electron chi connectivity index (χ1n) is 8.81. The highest BCUT2D eigenvalue weighted by atomic mass is 16.2. The minimum Gasteiger partial charge on any atom is -0.356 e. The topological polar surface area (TPSA) is 63.1 Å². The van der Waals surface area contributed by atoms with Crippen LogP contribution in [0.5, 0.6) is 0 Å². The number of benzene rings is 1. The van der Waals surface area contributed by atoms with Crippen LogP contribution in [-0.4, -0.2) is 29.5 Å². The van der Waals surface area contributed by atoms with Gasteiger partial charge in [-0.3, -0.25) is 9.59 Å². The van der Waals surface area contributed by atoms with Crippen LogP contribution in [-0.2, 0) is 17.8 Å². The van der Waals surface area contributed by atoms with Crippen molar-refractivity contribution in [3.63, 3.8) is 0 Å². The Kier molecular flexibility index (Phi) is 5.18. The molecule has 0 aliphatic carbocycles. The molecule has 0 saturated carbocycles. The van der Waals surface area contributed by atoms with E-state index in [9.17, 15) is 9.59 Å². The summed E-state index contributed by atoms with van der Waals surface area (Å²) < 4.78 is 2.33. The largest absolute Gasteiger partial charge is 0.356 e. The molecule has 3 rings (SSSR count). The number of carbonyl (C=O) groups is 2. The van der Waals surface area contributed by atoms with Gasteiger partial charge in [0.2, 0.25) is 5.91 Å². The molecule has 2 amide bonds. The monoisotopic (exact) mass is 327 g/mol. The van der Waals surface area contributed by atoms with Crippen LogP contribution in [0.1, 0.15) is 48.7 Å². The molecule has 0 radical (unpaired) electrons. The molecular formula is C19H25N3O2. The summed E-state index contributed by atoms with van der Waals surface area (Å²) in [6.45, 7) is 3.98. The number of carbonyl (C=O) groups excluding carboxylic acids is 2. The molecule has 0 spiro atoms. The predicted octanol–water partition coefficient (Wildman–Crippen LogP) is 2.62. The van der Waals surface area contributed by atoms with Crippen LogP contribution in [0.4, 0.5) is 0 Å². The van der Waals surface area contributed by atoms with Crippen LogP contribution in [0, 0.1) is 0 Å². The van der Waals surface area contributed by atoms with Gasteiger partial charge in [-0.15, -0.1) is 0 Å². The molecule has 1 aliphatic heterocycles. The molecule has 2 aromatic rings. The molecule has 1 aromatic heterocycles. The fraction of sp³-hybridized carbons (Fsp3) is 0.474. The zero-order valence-corrected chi connectivity index (χ0v) is 14.2. The Bertz CT molecular complexity index is 748. The lowest BCUT2D eigenvalue weighted by atomic mass is 10.1. The number of rotatable bonds is 7. The number of unbranched alkanes of at least 4 members (excludes halogenated alkanes) is 3. The molecule has 0 unspecified atom stereocenters. The molecular weight excluding hydrogens is 302 g/mol. The van der Waals surface area contributed by atoms with Crippen molar-refractivity contribution in [3.05, 3.63) is 35.5 Å². The quantitative estimate of drug-likeness (QED) is 0.768. The highest BCUT2D eigenvalue weighted by Crippen LogP contribution is 2.29. The van der Waals surface area contributed by atoms with Gasteiger partial charge in [-0.05, 0) is 18.9 Å². The Morgan fingerprint density at radius 1 is 1.21 bits per heavy atom. The number of amides is 2. The van der Waals surface area contributed by atoms with E-state index in [0.29, 0.717) is 0 Å². The summed E-state index contributed by atoms with van der Waals surface area (Å²) in [4.78, 5) is 23.1. The second kappa shape index (κ2) is 7.51. The molecule has 24 heavy (non-hydrogen) atoms. The van der Waals surface area contributed by atoms with Crippen molar-refractivity contribution in [1.29, 1.82) is 0 Å². The standard InChI is InChI=1S/C19H25N3O2/c1-14(23)20-11-6-2-3-7-13-22-16-9-5-4-8-15(16)18-17(22)10-12-21-19(18)24/h4-5,8-9H,2-3,6-7,10-13H2,1H3,(H,20,23)(H,21,24). The van der Waals surface area contributed by atoms with Gasteiger partial charge in [0.25, 0.3) is 5.91 Å². The van der Waals surface area contributed by atoms with Crippen molar-refractivity contribution in [2.45, 2.75) is 45.6 Å². The first kappa shape index (κ1) is 16.6. The summed E-state index contributed by atoms with van der Waals surface area (Å²) >= 11 is 0. The molecule has 5 nitrogen and oxygen atoms in total. The minimum atomic E-state index is 0.0405. The molecule has 0 atom stereocenters. The Morgan fingerprint density at radius 3 is 2.83 bits per heavy atom. The maximum atomic E-state index is 12.3. The van der Waals surface area contributed by atoms with E-state index in [1.165, 1.54) is 5.69 Å². The number of aromatic nitrogens is 1. The van der Waals surface area contributed by atoms with Gasteiger partial charge in [0, 0.05) is 49.6 Å². The Hall–Kier alpha value is -2.30. The predicted molar refractivity (Wildman–Crippen MR) is 95.1 cm³/mol. The maximum Gasteiger partial charge on any atom is 0.253 e. The number of nitrogens with one attached hydrogen (secondary N) is 2. The SMILES string of the molecule is CC(=O)NCCCCCCn1c2c(c3ccccc31)C(=O)NCC2. The Morgan fingerprint density at radius 2 is 2.00 bits per heavy atom. The fourth-order valence-electron chi connectivity index (χ4n) is 3.52. The highest BCUT2D eigenvalue weighted by Gasteiger charge is 2.24. The van der Waals surface area contributed by atoms with E-state index in [0.717, 1.165) is 68.2 Å². The van der Waals surface area contributed by atoms with Crippen molar-refractivity contribution in [2.24, 2.45) is 0 Å². The molecule has 1 aliphatic rings. The average Bonchev–Trinajstić information content (AvgIpc) is 2.89. The Labute approximate surface area is 142 Å². The summed E-state index contributed by atoms with van der Waals surface area (Å²) in [6, 6.07) is 8.19. The van der Waals surface area contributed by atoms with E-state index < -0.39 is 0 Å². The number of nitrogens with zero attached hydrogens (tertiary/aromatic N) is 1. The third-order valence-corrected chi connectivity index (χ3v) is 4.64. The van der Waals surface area contributed by atoms with E-state index in [2.05, 4.69) is 21.3 Å². The van der Waals surface area contributed by atoms with Crippen LogP contribution in [0.2, 0.25) is 0 Å². The van der Waals surface area contributed by atoms with Gasteiger partial charge in [0.05, 0.1) is 5.56 Å². The first-order valence-corrected chi connectivity index (χ1v) is 8.81. The smallest absolute Gasteiger partial charge is 0.253 e. The van der Waals surface area contributed by atoms with Crippen LogP contribution in [0.25, 0.3) is 10.9 Å². The van der Waals surface area contributed by atoms with Crippen molar-refractivity contribution in [3.8, 4) is 0 Å². The number of fused-ring (bicyclic) bond motifs is 3. The van der Waals surface area contributed by atoms with Gasteiger partial charge in [-0.25, -0.2) is 0 Å². The van der Waals surface area contributed by atoms with Crippen molar-refractivity contribution < 1.29 is 9.59 Å². The molecule has 128 valence electrons. The van der Waals surface area contributed by atoms with Crippen LogP contribution < -0.4 is 10.6 Å². The summed E-state index contributed by atoms with van der Waals surface area (Å²) in [5.74, 6) is 0.0974. The van der Waals surface area contributed by atoms with Crippen molar-refractivity contribution in [2.75, 3.05) is 13.1 Å². The van der Waals surface area contributed by atoms with Gasteiger partial charge in [0.1, 0.15) is 0 Å². The summed E-state index contributed by atoms with van der Waals surface area (Å²) in [7, 11) is 0. The van der Waals surface area contributed by atoms with Crippen LogP contribution in [0.15, 0.2) is 24.3 Å². The average molecular weight is 327 g/mol. The molecule has 2 heterocycles. The van der Waals surface area contributed by atoms with Crippen LogP contribution >= 0.6 is 0 Å². The maximum absolute atomic E-state index is 12.3. The molecule has 0 saturated heterocycles. The lowest BCUT2D eigenvalue weighted by Gasteiger charge is -2.16. The fourth-order valence-corrected chi connectivity index (χ4v) is 3.52. The molecule has 1 aromatic carbocycles. The second-order valence-electron chi connectivity index (χ2n) is 6.39. The first-order chi connectivity index (χ1) is 11.7. The number of hydrogen-bond donors (Lipinski definition) is 2. The molecule has 0 bridgehead atoms. The summed E-state index contributed by atoms with van der Waals surface area (Å²) in [5, 5.41) is 6.85. The van der Waals surface area contributed by atoms with Gasteiger partial charge >= 0.3 is 0 Å². The number of hydrogen-bond acceptors (Lipinski definition) is 2. The van der Waals surface area contributed by atoms with E-state index >= 15 is 0 Å². The van der Waals surface area contributed by atoms with Gasteiger partial charge in [-0.1, -0.05) is 31.0 Å². The van der Waals surface area contributed by atoms with Gasteiger partial charge < -0.3 is 15.2 Å². The summed E-state index contributed by atoms with van der Waals surface area (Å²) in [6.07, 6.45) is 5.26. The highest BCUT2D eigenvalue weighted by molar-refractivity contribution is 6.09. The zero-order chi connectivity index (χ0) is 16.9. The van der Waals surface area contributed by atoms with Crippen molar-refractivity contribution in [1.82, 2.24) is 15.2 Å². The normalized spacial score (nSPS) is 13.6. The minimum absolute atomic E-state index is 0.0405. The molecule has 5 heteroatoms. The van der Waals surface area contributed by atoms with Crippen molar-refractivity contribution >= 4 is 22.7 Å². The molecule has 0 fully saturated rings. The lowest BCUT2D eigenvalue weighted by Crippen LogP contribution is -2.32. The van der Waals surface area contributed by atoms with Gasteiger partial charge in [0.15, 0.2) is 0 Å². The zero-order valence-electron chi connectivity index (χ0n) is 14.2. The second-order valence-corrected chi connectivity index (χ2v) is 6.39. The summed E-state index contributed by atoms with van der Waals surface area (Å²) in [5.41, 5.74) is 3.21. The lowest BCUT2D eigenvalue weighted by molar-refractivity contribution is -0.118. The molecule has 2 N–H and O–H groups in total. The number of aryl methyl sites for hydroxylation is 1. The third kappa shape index (κ3) is 3.45.